The Labute approximate surface area is 127 Å². The normalized spacial score (nSPS) is 20.6. The first-order valence-electron chi connectivity index (χ1n) is 6.92. The van der Waals surface area contributed by atoms with E-state index in [1.54, 1.807) is 12.1 Å². The van der Waals surface area contributed by atoms with E-state index in [0.29, 0.717) is 22.9 Å². The molecule has 110 valence electrons. The van der Waals surface area contributed by atoms with Gasteiger partial charge in [0.1, 0.15) is 5.82 Å². The van der Waals surface area contributed by atoms with Crippen LogP contribution in [0.3, 0.4) is 0 Å². The van der Waals surface area contributed by atoms with Crippen LogP contribution >= 0.6 is 15.9 Å². The molecule has 20 heavy (non-hydrogen) atoms. The average Bonchev–Trinajstić information content (AvgIpc) is 2.35. The van der Waals surface area contributed by atoms with Crippen molar-refractivity contribution in [3.8, 4) is 0 Å². The molecule has 0 spiro atoms. The van der Waals surface area contributed by atoms with Crippen LogP contribution in [-0.4, -0.2) is 11.1 Å². The Morgan fingerprint density at radius 2 is 1.90 bits per heavy atom. The largest absolute Gasteiger partial charge is 0.481 e. The van der Waals surface area contributed by atoms with Crippen LogP contribution in [0.15, 0.2) is 22.7 Å². The van der Waals surface area contributed by atoms with Gasteiger partial charge in [-0.2, -0.15) is 0 Å². The highest BCUT2D eigenvalue weighted by atomic mass is 79.9. The molecule has 4 heteroatoms. The van der Waals surface area contributed by atoms with Crippen molar-refractivity contribution in [2.45, 2.75) is 46.0 Å². The van der Waals surface area contributed by atoms with Crippen molar-refractivity contribution >= 4 is 21.9 Å². The lowest BCUT2D eigenvalue weighted by Gasteiger charge is -2.41. The van der Waals surface area contributed by atoms with Crippen molar-refractivity contribution in [1.29, 1.82) is 0 Å². The second kappa shape index (κ2) is 5.47. The molecule has 0 bridgehead atoms. The standard InChI is InChI=1S/C16H20BrFO2/c1-15(2)5-7-16(8-6-15,14(19)20)10-11-3-4-12(17)9-13(11)18/h3-4,9H,5-8,10H2,1-2H3,(H,19,20). The van der Waals surface area contributed by atoms with Crippen LogP contribution in [0.4, 0.5) is 4.39 Å². The van der Waals surface area contributed by atoms with Gasteiger partial charge in [-0.15, -0.1) is 0 Å². The van der Waals surface area contributed by atoms with E-state index in [4.69, 9.17) is 0 Å². The second-order valence-electron chi connectivity index (χ2n) is 6.66. The molecular formula is C16H20BrFO2. The van der Waals surface area contributed by atoms with Gasteiger partial charge in [0.15, 0.2) is 0 Å². The van der Waals surface area contributed by atoms with Gasteiger partial charge < -0.3 is 5.11 Å². The van der Waals surface area contributed by atoms with Gasteiger partial charge in [0, 0.05) is 4.47 Å². The van der Waals surface area contributed by atoms with E-state index in [2.05, 4.69) is 29.8 Å². The summed E-state index contributed by atoms with van der Waals surface area (Å²) in [4.78, 5) is 11.7. The Hall–Kier alpha value is -0.900. The van der Waals surface area contributed by atoms with Crippen molar-refractivity contribution in [3.63, 3.8) is 0 Å². The van der Waals surface area contributed by atoms with E-state index in [0.717, 1.165) is 12.8 Å². The van der Waals surface area contributed by atoms with E-state index in [9.17, 15) is 14.3 Å². The summed E-state index contributed by atoms with van der Waals surface area (Å²) < 4.78 is 14.6. The highest BCUT2D eigenvalue weighted by Gasteiger charge is 2.44. The minimum absolute atomic E-state index is 0.192. The molecule has 1 aromatic carbocycles. The van der Waals surface area contributed by atoms with Crippen LogP contribution in [0.5, 0.6) is 0 Å². The molecule has 1 aromatic rings. The fourth-order valence-electron chi connectivity index (χ4n) is 2.90. The van der Waals surface area contributed by atoms with Gasteiger partial charge in [0.25, 0.3) is 0 Å². The predicted octanol–water partition coefficient (Wildman–Crippen LogP) is 4.80. The molecule has 0 heterocycles. The van der Waals surface area contributed by atoms with Gasteiger partial charge in [-0.25, -0.2) is 4.39 Å². The lowest BCUT2D eigenvalue weighted by molar-refractivity contribution is -0.152. The summed E-state index contributed by atoms with van der Waals surface area (Å²) in [7, 11) is 0. The zero-order valence-corrected chi connectivity index (χ0v) is 13.5. The van der Waals surface area contributed by atoms with Gasteiger partial charge in [0.05, 0.1) is 5.41 Å². The molecule has 1 fully saturated rings. The number of carbonyl (C=O) groups is 1. The first kappa shape index (κ1) is 15.5. The number of hydrogen-bond acceptors (Lipinski definition) is 1. The van der Waals surface area contributed by atoms with E-state index in [-0.39, 0.29) is 17.7 Å². The summed E-state index contributed by atoms with van der Waals surface area (Å²) in [5.41, 5.74) is -0.128. The minimum atomic E-state index is -0.815. The Kier molecular flexibility index (Phi) is 4.24. The third-order valence-electron chi connectivity index (χ3n) is 4.56. The highest BCUT2D eigenvalue weighted by Crippen LogP contribution is 2.47. The highest BCUT2D eigenvalue weighted by molar-refractivity contribution is 9.10. The zero-order chi connectivity index (χ0) is 15.0. The number of hydrogen-bond donors (Lipinski definition) is 1. The summed E-state index contributed by atoms with van der Waals surface area (Å²) in [5, 5.41) is 9.63. The molecule has 1 N–H and O–H groups in total. The summed E-state index contributed by atoms with van der Waals surface area (Å²) in [6.07, 6.45) is 3.25. The third-order valence-corrected chi connectivity index (χ3v) is 5.05. The first-order chi connectivity index (χ1) is 9.24. The zero-order valence-electron chi connectivity index (χ0n) is 11.9. The fourth-order valence-corrected chi connectivity index (χ4v) is 3.23. The number of halogens is 2. The molecule has 0 aromatic heterocycles. The molecule has 0 amide bonds. The first-order valence-corrected chi connectivity index (χ1v) is 7.71. The Balaban J connectivity index is 2.24. The van der Waals surface area contributed by atoms with Crippen molar-refractivity contribution in [2.75, 3.05) is 0 Å². The molecule has 1 aliphatic carbocycles. The maximum atomic E-state index is 14.0. The van der Waals surface area contributed by atoms with Crippen LogP contribution in [0.1, 0.15) is 45.1 Å². The number of carboxylic acid groups (broad SMARTS) is 1. The number of carboxylic acids is 1. The van der Waals surface area contributed by atoms with Gasteiger partial charge in [-0.05, 0) is 55.2 Å². The van der Waals surface area contributed by atoms with Crippen molar-refractivity contribution < 1.29 is 14.3 Å². The van der Waals surface area contributed by atoms with E-state index in [1.165, 1.54) is 6.07 Å². The van der Waals surface area contributed by atoms with Gasteiger partial charge >= 0.3 is 5.97 Å². The summed E-state index contributed by atoms with van der Waals surface area (Å²) >= 11 is 3.22. The Morgan fingerprint density at radius 1 is 1.30 bits per heavy atom. The lowest BCUT2D eigenvalue weighted by atomic mass is 9.63. The van der Waals surface area contributed by atoms with Crippen molar-refractivity contribution in [3.05, 3.63) is 34.1 Å². The molecule has 2 nitrogen and oxygen atoms in total. The molecule has 0 aliphatic heterocycles. The van der Waals surface area contributed by atoms with Crippen LogP contribution in [0.2, 0.25) is 0 Å². The van der Waals surface area contributed by atoms with E-state index in [1.807, 2.05) is 0 Å². The van der Waals surface area contributed by atoms with E-state index < -0.39 is 11.4 Å². The number of benzene rings is 1. The molecule has 2 rings (SSSR count). The smallest absolute Gasteiger partial charge is 0.309 e. The Bertz CT molecular complexity index is 515. The number of aliphatic carboxylic acids is 1. The molecular weight excluding hydrogens is 323 g/mol. The molecule has 0 radical (unpaired) electrons. The molecule has 1 saturated carbocycles. The summed E-state index contributed by atoms with van der Waals surface area (Å²) in [6, 6.07) is 4.85. The molecule has 0 unspecified atom stereocenters. The molecule has 0 saturated heterocycles. The fraction of sp³-hybridized carbons (Fsp3) is 0.562. The molecule has 1 aliphatic rings. The predicted molar refractivity (Wildman–Crippen MR) is 80.1 cm³/mol. The maximum Gasteiger partial charge on any atom is 0.309 e. The second-order valence-corrected chi connectivity index (χ2v) is 7.58. The minimum Gasteiger partial charge on any atom is -0.481 e. The topological polar surface area (TPSA) is 37.3 Å². The van der Waals surface area contributed by atoms with Crippen LogP contribution in [-0.2, 0) is 11.2 Å². The lowest BCUT2D eigenvalue weighted by Crippen LogP contribution is -2.39. The summed E-state index contributed by atoms with van der Waals surface area (Å²) in [5.74, 6) is -1.12. The van der Waals surface area contributed by atoms with Gasteiger partial charge in [-0.1, -0.05) is 35.8 Å². The quantitative estimate of drug-likeness (QED) is 0.856. The number of rotatable bonds is 3. The van der Waals surface area contributed by atoms with Crippen LogP contribution in [0.25, 0.3) is 0 Å². The van der Waals surface area contributed by atoms with Crippen molar-refractivity contribution in [1.82, 2.24) is 0 Å². The SMILES string of the molecule is CC1(C)CCC(Cc2ccc(Br)cc2F)(C(=O)O)CC1. The van der Waals surface area contributed by atoms with Gasteiger partial charge in [0.2, 0.25) is 0 Å². The third kappa shape index (κ3) is 3.22. The van der Waals surface area contributed by atoms with Crippen molar-refractivity contribution in [2.24, 2.45) is 10.8 Å². The maximum absolute atomic E-state index is 14.0. The molecule has 0 atom stereocenters. The monoisotopic (exact) mass is 342 g/mol. The van der Waals surface area contributed by atoms with Crippen LogP contribution in [0, 0.1) is 16.6 Å². The van der Waals surface area contributed by atoms with Crippen LogP contribution < -0.4 is 0 Å². The Morgan fingerprint density at radius 3 is 2.40 bits per heavy atom. The van der Waals surface area contributed by atoms with Gasteiger partial charge in [-0.3, -0.25) is 4.79 Å². The summed E-state index contributed by atoms with van der Waals surface area (Å²) in [6.45, 7) is 4.33. The average molecular weight is 343 g/mol. The van der Waals surface area contributed by atoms with E-state index >= 15 is 0 Å².